The second kappa shape index (κ2) is 5.83. The van der Waals surface area contributed by atoms with Crippen molar-refractivity contribution in [2.45, 2.75) is 36.3 Å². The summed E-state index contributed by atoms with van der Waals surface area (Å²) in [5, 5.41) is -0.212. The van der Waals surface area contributed by atoms with Gasteiger partial charge in [0.25, 0.3) is 10.1 Å². The Morgan fingerprint density at radius 2 is 1.70 bits per heavy atom. The molecule has 0 bridgehead atoms. The van der Waals surface area contributed by atoms with E-state index < -0.39 is 20.0 Å². The Morgan fingerprint density at radius 3 is 2.25 bits per heavy atom. The van der Waals surface area contributed by atoms with Crippen molar-refractivity contribution >= 4 is 20.0 Å². The number of aryl methyl sites for hydroxylation is 1. The van der Waals surface area contributed by atoms with E-state index in [1.807, 2.05) is 6.92 Å². The van der Waals surface area contributed by atoms with Crippen molar-refractivity contribution in [1.29, 1.82) is 0 Å². The van der Waals surface area contributed by atoms with Gasteiger partial charge in [-0.25, -0.2) is 8.42 Å². The molecule has 0 radical (unpaired) electrons. The van der Waals surface area contributed by atoms with Crippen LogP contribution >= 0.6 is 0 Å². The third-order valence-electron chi connectivity index (χ3n) is 3.15. The number of benzene rings is 1. The minimum atomic E-state index is -3.79. The molecule has 20 heavy (non-hydrogen) atoms. The molecule has 0 heterocycles. The SMILES string of the molecule is Cc1ccc(S(=O)(=O)OCCCS(=O)(=O)C2CC2)cc1. The molecule has 0 aliphatic heterocycles. The lowest BCUT2D eigenvalue weighted by molar-refractivity contribution is 0.318. The molecular weight excluding hydrogens is 300 g/mol. The summed E-state index contributed by atoms with van der Waals surface area (Å²) in [6.07, 6.45) is 1.65. The fourth-order valence-corrected chi connectivity index (χ4v) is 4.45. The summed E-state index contributed by atoms with van der Waals surface area (Å²) in [4.78, 5) is 0.0909. The number of hydrogen-bond donors (Lipinski definition) is 0. The smallest absolute Gasteiger partial charge is 0.266 e. The van der Waals surface area contributed by atoms with Crippen LogP contribution in [0.2, 0.25) is 0 Å². The lowest BCUT2D eigenvalue weighted by Crippen LogP contribution is -2.15. The summed E-state index contributed by atoms with van der Waals surface area (Å²) in [5.74, 6) is -0.0128. The van der Waals surface area contributed by atoms with Crippen molar-refractivity contribution in [1.82, 2.24) is 0 Å². The predicted octanol–water partition coefficient (Wildman–Crippen LogP) is 1.67. The maximum absolute atomic E-state index is 11.8. The first kappa shape index (κ1) is 15.5. The Morgan fingerprint density at radius 1 is 1.10 bits per heavy atom. The number of rotatable bonds is 7. The lowest BCUT2D eigenvalue weighted by Gasteiger charge is -2.06. The summed E-state index contributed by atoms with van der Waals surface area (Å²) >= 11 is 0. The van der Waals surface area contributed by atoms with Gasteiger partial charge in [-0.15, -0.1) is 0 Å². The van der Waals surface area contributed by atoms with Crippen LogP contribution in [0, 0.1) is 6.92 Å². The Labute approximate surface area is 120 Å². The Kier molecular flexibility index (Phi) is 4.51. The van der Waals surface area contributed by atoms with Crippen LogP contribution in [0.3, 0.4) is 0 Å². The highest BCUT2D eigenvalue weighted by Gasteiger charge is 2.34. The summed E-state index contributed by atoms with van der Waals surface area (Å²) in [6, 6.07) is 6.33. The summed E-state index contributed by atoms with van der Waals surface area (Å²) in [6.45, 7) is 1.75. The van der Waals surface area contributed by atoms with Crippen LogP contribution in [-0.2, 0) is 24.1 Å². The normalized spacial score (nSPS) is 16.2. The largest absolute Gasteiger partial charge is 0.296 e. The van der Waals surface area contributed by atoms with E-state index in [-0.39, 0.29) is 28.9 Å². The molecule has 0 atom stereocenters. The highest BCUT2D eigenvalue weighted by molar-refractivity contribution is 7.92. The van der Waals surface area contributed by atoms with Gasteiger partial charge in [0, 0.05) is 0 Å². The number of sulfone groups is 1. The molecule has 1 fully saturated rings. The molecule has 0 amide bonds. The lowest BCUT2D eigenvalue weighted by atomic mass is 10.2. The van der Waals surface area contributed by atoms with Gasteiger partial charge in [0.2, 0.25) is 0 Å². The average Bonchev–Trinajstić information content (AvgIpc) is 3.20. The molecule has 7 heteroatoms. The third-order valence-corrected chi connectivity index (χ3v) is 6.82. The quantitative estimate of drug-likeness (QED) is 0.564. The summed E-state index contributed by atoms with van der Waals surface area (Å²) in [5.41, 5.74) is 0.958. The number of hydrogen-bond acceptors (Lipinski definition) is 5. The van der Waals surface area contributed by atoms with Gasteiger partial charge in [0.1, 0.15) is 0 Å². The van der Waals surface area contributed by atoms with Gasteiger partial charge in [-0.1, -0.05) is 17.7 Å². The zero-order valence-corrected chi connectivity index (χ0v) is 12.9. The molecule has 0 saturated heterocycles. The van der Waals surface area contributed by atoms with Crippen molar-refractivity contribution in [2.24, 2.45) is 0 Å². The van der Waals surface area contributed by atoms with Crippen molar-refractivity contribution < 1.29 is 21.0 Å². The summed E-state index contributed by atoms with van der Waals surface area (Å²) < 4.78 is 51.8. The van der Waals surface area contributed by atoms with Crippen molar-refractivity contribution in [3.8, 4) is 0 Å². The van der Waals surface area contributed by atoms with E-state index in [2.05, 4.69) is 0 Å². The maximum atomic E-state index is 11.8. The van der Waals surface area contributed by atoms with Crippen LogP contribution in [0.25, 0.3) is 0 Å². The molecule has 1 aliphatic carbocycles. The molecule has 1 aliphatic rings. The highest BCUT2D eigenvalue weighted by atomic mass is 32.2. The fourth-order valence-electron chi connectivity index (χ4n) is 1.80. The zero-order chi connectivity index (χ0) is 14.8. The molecule has 112 valence electrons. The average molecular weight is 318 g/mol. The van der Waals surface area contributed by atoms with Crippen molar-refractivity contribution in [3.05, 3.63) is 29.8 Å². The van der Waals surface area contributed by atoms with E-state index in [0.29, 0.717) is 0 Å². The molecule has 1 aromatic rings. The first-order chi connectivity index (χ1) is 9.31. The molecule has 1 aromatic carbocycles. The van der Waals surface area contributed by atoms with E-state index >= 15 is 0 Å². The molecule has 0 aromatic heterocycles. The first-order valence-electron chi connectivity index (χ1n) is 6.49. The Bertz CT molecular complexity index is 655. The van der Waals surface area contributed by atoms with Crippen molar-refractivity contribution in [3.63, 3.8) is 0 Å². The van der Waals surface area contributed by atoms with Crippen LogP contribution in [0.15, 0.2) is 29.2 Å². The van der Waals surface area contributed by atoms with Crippen LogP contribution < -0.4 is 0 Å². The molecule has 0 N–H and O–H groups in total. The predicted molar refractivity (Wildman–Crippen MR) is 75.7 cm³/mol. The van der Waals surface area contributed by atoms with Gasteiger partial charge >= 0.3 is 0 Å². The molecular formula is C13H18O5S2. The van der Waals surface area contributed by atoms with Gasteiger partial charge in [-0.05, 0) is 38.3 Å². The molecule has 1 saturated carbocycles. The van der Waals surface area contributed by atoms with Gasteiger partial charge in [-0.2, -0.15) is 8.42 Å². The zero-order valence-electron chi connectivity index (χ0n) is 11.3. The van der Waals surface area contributed by atoms with Gasteiger partial charge in [0.05, 0.1) is 22.5 Å². The first-order valence-corrected chi connectivity index (χ1v) is 9.61. The van der Waals surface area contributed by atoms with Crippen LogP contribution in [0.1, 0.15) is 24.8 Å². The molecule has 0 unspecified atom stereocenters. The van der Waals surface area contributed by atoms with Gasteiger partial charge in [0.15, 0.2) is 9.84 Å². The van der Waals surface area contributed by atoms with E-state index in [4.69, 9.17) is 4.18 Å². The monoisotopic (exact) mass is 318 g/mol. The van der Waals surface area contributed by atoms with Gasteiger partial charge in [-0.3, -0.25) is 4.18 Å². The van der Waals surface area contributed by atoms with Crippen LogP contribution in [0.4, 0.5) is 0 Å². The van der Waals surface area contributed by atoms with E-state index in [0.717, 1.165) is 18.4 Å². The van der Waals surface area contributed by atoms with E-state index in [9.17, 15) is 16.8 Å². The van der Waals surface area contributed by atoms with Gasteiger partial charge < -0.3 is 0 Å². The highest BCUT2D eigenvalue weighted by Crippen LogP contribution is 2.29. The minimum Gasteiger partial charge on any atom is -0.266 e. The Hall–Kier alpha value is -0.920. The second-order valence-corrected chi connectivity index (χ2v) is 9.03. The minimum absolute atomic E-state index is 0.0128. The standard InChI is InChI=1S/C13H18O5S2/c1-11-3-5-13(6-4-11)20(16,17)18-9-2-10-19(14,15)12-7-8-12/h3-6,12H,2,7-10H2,1H3. The summed E-state index contributed by atoms with van der Waals surface area (Å²) in [7, 11) is -6.84. The van der Waals surface area contributed by atoms with Crippen molar-refractivity contribution in [2.75, 3.05) is 12.4 Å². The Balaban J connectivity index is 1.85. The fraction of sp³-hybridized carbons (Fsp3) is 0.538. The van der Waals surface area contributed by atoms with Crippen LogP contribution in [-0.4, -0.2) is 34.4 Å². The molecule has 5 nitrogen and oxygen atoms in total. The van der Waals surface area contributed by atoms with Crippen LogP contribution in [0.5, 0.6) is 0 Å². The topological polar surface area (TPSA) is 77.5 Å². The third kappa shape index (κ3) is 4.04. The van der Waals surface area contributed by atoms with E-state index in [1.54, 1.807) is 12.1 Å². The van der Waals surface area contributed by atoms with E-state index in [1.165, 1.54) is 12.1 Å². The second-order valence-electron chi connectivity index (χ2n) is 5.01. The molecule has 0 spiro atoms. The maximum Gasteiger partial charge on any atom is 0.296 e. The molecule has 2 rings (SSSR count).